The Morgan fingerprint density at radius 1 is 1.11 bits per heavy atom. The summed E-state index contributed by atoms with van der Waals surface area (Å²) in [6.45, 7) is 2.35. The first-order valence-electron chi connectivity index (χ1n) is 10.9. The number of benzene rings is 1. The highest BCUT2D eigenvalue weighted by atomic mass is 32.1. The molecule has 0 fully saturated rings. The van der Waals surface area contributed by atoms with E-state index in [1.54, 1.807) is 0 Å². The van der Waals surface area contributed by atoms with Crippen molar-refractivity contribution in [2.45, 2.75) is 70.8 Å². The van der Waals surface area contributed by atoms with Crippen molar-refractivity contribution in [2.24, 2.45) is 5.92 Å². The number of unbranched alkanes of at least 4 members (excludes halogenated alkanes) is 2. The van der Waals surface area contributed by atoms with Gasteiger partial charge in [-0.1, -0.05) is 56.5 Å². The molecule has 2 aromatic rings. The van der Waals surface area contributed by atoms with Crippen LogP contribution >= 0.6 is 11.3 Å². The van der Waals surface area contributed by atoms with Gasteiger partial charge in [-0.2, -0.15) is 0 Å². The second-order valence-electron chi connectivity index (χ2n) is 8.02. The van der Waals surface area contributed by atoms with E-state index < -0.39 is 0 Å². The Hall–Kier alpha value is -1.42. The third-order valence-corrected chi connectivity index (χ3v) is 6.95. The maximum atomic E-state index is 10.4. The molecule has 3 rings (SSSR count). The fourth-order valence-corrected chi connectivity index (χ4v) is 5.18. The quantitative estimate of drug-likeness (QED) is 0.422. The summed E-state index contributed by atoms with van der Waals surface area (Å²) in [4.78, 5) is 1.47. The molecular weight excluding hydrogens is 364 g/mol. The van der Waals surface area contributed by atoms with Gasteiger partial charge in [0.1, 0.15) is 0 Å². The molecule has 1 aliphatic rings. The van der Waals surface area contributed by atoms with Gasteiger partial charge in [0, 0.05) is 4.88 Å². The zero-order valence-corrected chi connectivity index (χ0v) is 17.9. The van der Waals surface area contributed by atoms with Crippen LogP contribution in [-0.4, -0.2) is 16.8 Å². The second-order valence-corrected chi connectivity index (χ2v) is 9.05. The van der Waals surface area contributed by atoms with Crippen LogP contribution in [0.25, 0.3) is 5.57 Å². The van der Waals surface area contributed by atoms with E-state index in [-0.39, 0.29) is 12.7 Å². The maximum absolute atomic E-state index is 10.4. The van der Waals surface area contributed by atoms with Crippen LogP contribution in [0.5, 0.6) is 0 Å². The van der Waals surface area contributed by atoms with Crippen molar-refractivity contribution in [3.8, 4) is 0 Å². The molecule has 2 N–H and O–H groups in total. The molecule has 0 aliphatic heterocycles. The van der Waals surface area contributed by atoms with Gasteiger partial charge in [0.15, 0.2) is 0 Å². The lowest BCUT2D eigenvalue weighted by molar-refractivity contribution is 0.163. The molecule has 0 saturated carbocycles. The smallest absolute Gasteiger partial charge is 0.0790 e. The molecule has 152 valence electrons. The van der Waals surface area contributed by atoms with E-state index in [1.807, 2.05) is 11.3 Å². The number of aliphatic hydroxyl groups is 2. The van der Waals surface area contributed by atoms with Crippen molar-refractivity contribution >= 4 is 16.9 Å². The molecule has 0 saturated heterocycles. The first kappa shape index (κ1) is 21.3. The highest BCUT2D eigenvalue weighted by Crippen LogP contribution is 2.41. The summed E-state index contributed by atoms with van der Waals surface area (Å²) in [6.07, 6.45) is 9.59. The Labute approximate surface area is 173 Å². The van der Waals surface area contributed by atoms with E-state index in [0.717, 1.165) is 37.7 Å². The predicted molar refractivity (Wildman–Crippen MR) is 120 cm³/mol. The van der Waals surface area contributed by atoms with Gasteiger partial charge < -0.3 is 10.2 Å². The molecule has 3 heteroatoms. The summed E-state index contributed by atoms with van der Waals surface area (Å²) in [6, 6.07) is 12.8. The number of aliphatic hydroxyl groups excluding tert-OH is 2. The topological polar surface area (TPSA) is 40.5 Å². The van der Waals surface area contributed by atoms with Gasteiger partial charge in [-0.3, -0.25) is 0 Å². The average Bonchev–Trinajstić information content (AvgIpc) is 3.38. The maximum Gasteiger partial charge on any atom is 0.0790 e. The Balaban J connectivity index is 1.64. The van der Waals surface area contributed by atoms with Crippen molar-refractivity contribution in [3.05, 3.63) is 63.4 Å². The van der Waals surface area contributed by atoms with Crippen LogP contribution in [0.1, 0.15) is 80.4 Å². The molecule has 0 radical (unpaired) electrons. The van der Waals surface area contributed by atoms with E-state index in [4.69, 9.17) is 0 Å². The average molecular weight is 399 g/mol. The lowest BCUT2D eigenvalue weighted by Crippen LogP contribution is -2.03. The Bertz CT molecular complexity index is 730. The molecule has 1 unspecified atom stereocenters. The van der Waals surface area contributed by atoms with Crippen LogP contribution in [0.3, 0.4) is 0 Å². The Morgan fingerprint density at radius 2 is 1.93 bits per heavy atom. The second kappa shape index (κ2) is 10.9. The van der Waals surface area contributed by atoms with Crippen LogP contribution in [0, 0.1) is 5.92 Å². The van der Waals surface area contributed by atoms with Crippen LogP contribution in [0.2, 0.25) is 0 Å². The molecule has 2 atom stereocenters. The van der Waals surface area contributed by atoms with Gasteiger partial charge in [0.05, 0.1) is 12.7 Å². The zero-order valence-electron chi connectivity index (χ0n) is 17.1. The number of rotatable bonds is 11. The van der Waals surface area contributed by atoms with Gasteiger partial charge >= 0.3 is 0 Å². The lowest BCUT2D eigenvalue weighted by Gasteiger charge is -2.17. The highest BCUT2D eigenvalue weighted by Gasteiger charge is 2.26. The summed E-state index contributed by atoms with van der Waals surface area (Å²) in [7, 11) is 0. The van der Waals surface area contributed by atoms with Crippen molar-refractivity contribution < 1.29 is 10.2 Å². The third kappa shape index (κ3) is 5.56. The normalized spacial score (nSPS) is 18.0. The molecule has 1 aromatic carbocycles. The van der Waals surface area contributed by atoms with E-state index in [2.05, 4.69) is 48.7 Å². The third-order valence-electron chi connectivity index (χ3n) is 6.02. The first-order chi connectivity index (χ1) is 13.7. The lowest BCUT2D eigenvalue weighted by atomic mass is 9.88. The van der Waals surface area contributed by atoms with E-state index in [0.29, 0.717) is 5.92 Å². The molecule has 0 bridgehead atoms. The molecule has 0 spiro atoms. The molecule has 0 amide bonds. The molecular formula is C25H34O2S. The van der Waals surface area contributed by atoms with E-state index >= 15 is 0 Å². The van der Waals surface area contributed by atoms with Gasteiger partial charge in [-0.25, -0.2) is 0 Å². The zero-order chi connectivity index (χ0) is 19.8. The van der Waals surface area contributed by atoms with Crippen molar-refractivity contribution in [1.82, 2.24) is 0 Å². The van der Waals surface area contributed by atoms with Crippen molar-refractivity contribution in [1.29, 1.82) is 0 Å². The fraction of sp³-hybridized carbons (Fsp3) is 0.520. The van der Waals surface area contributed by atoms with Crippen molar-refractivity contribution in [3.63, 3.8) is 0 Å². The van der Waals surface area contributed by atoms with E-state index in [1.165, 1.54) is 47.3 Å². The monoisotopic (exact) mass is 398 g/mol. The number of aryl methyl sites for hydroxylation is 1. The number of hydrogen-bond donors (Lipinski definition) is 2. The van der Waals surface area contributed by atoms with Gasteiger partial charge in [-0.05, 0) is 78.2 Å². The molecule has 2 nitrogen and oxygen atoms in total. The standard InChI is InChI=1S/C25H34O2S/c1-2-3-4-10-24(27)19-11-13-21(14-12-19)25-20(15-16-22(25)18-26)7-5-8-23-9-6-17-28-23/h6,9,11-14,17,20,24,26-27H,2-5,7-8,10,15-16,18H2,1H3/t20-,24?/m0/s1. The minimum atomic E-state index is -0.364. The molecule has 1 aliphatic carbocycles. The minimum Gasteiger partial charge on any atom is -0.392 e. The van der Waals surface area contributed by atoms with Gasteiger partial charge in [0.25, 0.3) is 0 Å². The highest BCUT2D eigenvalue weighted by molar-refractivity contribution is 7.09. The van der Waals surface area contributed by atoms with Gasteiger partial charge in [-0.15, -0.1) is 11.3 Å². The summed E-state index contributed by atoms with van der Waals surface area (Å²) in [5.74, 6) is 0.544. The SMILES string of the molecule is CCCCCC(O)c1ccc(C2=C(CO)CC[C@@H]2CCCc2cccs2)cc1. The first-order valence-corrected chi connectivity index (χ1v) is 11.7. The van der Waals surface area contributed by atoms with Crippen LogP contribution in [0.4, 0.5) is 0 Å². The fourth-order valence-electron chi connectivity index (χ4n) is 4.43. The predicted octanol–water partition coefficient (Wildman–Crippen LogP) is 6.54. The largest absolute Gasteiger partial charge is 0.392 e. The number of allylic oxidation sites excluding steroid dienone is 1. The van der Waals surface area contributed by atoms with Gasteiger partial charge in [0.2, 0.25) is 0 Å². The van der Waals surface area contributed by atoms with Crippen LogP contribution < -0.4 is 0 Å². The summed E-state index contributed by atoms with van der Waals surface area (Å²) in [5, 5.41) is 22.4. The van der Waals surface area contributed by atoms with E-state index in [9.17, 15) is 10.2 Å². The Morgan fingerprint density at radius 3 is 2.61 bits per heavy atom. The summed E-state index contributed by atoms with van der Waals surface area (Å²) < 4.78 is 0. The number of thiophene rings is 1. The Kier molecular flexibility index (Phi) is 8.32. The molecule has 1 aromatic heterocycles. The van der Waals surface area contributed by atoms with Crippen molar-refractivity contribution in [2.75, 3.05) is 6.61 Å². The molecule has 28 heavy (non-hydrogen) atoms. The minimum absolute atomic E-state index is 0.165. The molecule has 1 heterocycles. The van der Waals surface area contributed by atoms with Crippen LogP contribution in [-0.2, 0) is 6.42 Å². The van der Waals surface area contributed by atoms with Crippen LogP contribution in [0.15, 0.2) is 47.4 Å². The number of hydrogen-bond acceptors (Lipinski definition) is 3. The summed E-state index contributed by atoms with van der Waals surface area (Å²) >= 11 is 1.84. The summed E-state index contributed by atoms with van der Waals surface area (Å²) in [5.41, 5.74) is 4.81.